The Labute approximate surface area is 430 Å². The van der Waals surface area contributed by atoms with Crippen LogP contribution in [0.25, 0.3) is 5.73 Å². The molecule has 1 heterocycles. The number of aliphatic hydroxyl groups is 1. The number of ketones is 1. The van der Waals surface area contributed by atoms with Gasteiger partial charge in [0.1, 0.15) is 48.0 Å². The fourth-order valence-electron chi connectivity index (χ4n) is 7.27. The number of nitrogens with one attached hydrogen (secondary N) is 4. The summed E-state index contributed by atoms with van der Waals surface area (Å²) in [5, 5.41) is 19.3. The first-order chi connectivity index (χ1) is 31.5. The maximum Gasteiger partial charge on any atom is 0.408 e. The van der Waals surface area contributed by atoms with Crippen LogP contribution in [-0.4, -0.2) is 114 Å². The first-order valence-electron chi connectivity index (χ1n) is 23.6. The second-order valence-electron chi connectivity index (χ2n) is 19.0. The third-order valence-corrected chi connectivity index (χ3v) is 11.2. The van der Waals surface area contributed by atoms with E-state index in [2.05, 4.69) is 16.0 Å². The minimum absolute atomic E-state index is 0. The molecular weight excluding hydrogens is 947 g/mol. The maximum absolute atomic E-state index is 13.7. The molecule has 3 amide bonds. The Hall–Kier alpha value is -3.96. The van der Waals surface area contributed by atoms with Crippen molar-refractivity contribution in [3.8, 4) is 5.75 Å². The summed E-state index contributed by atoms with van der Waals surface area (Å²) in [7, 11) is 3.20. The summed E-state index contributed by atoms with van der Waals surface area (Å²) in [6.07, 6.45) is 1.65. The predicted molar refractivity (Wildman–Crippen MR) is 258 cm³/mol. The molecule has 1 radical (unpaired) electrons. The van der Waals surface area contributed by atoms with Crippen LogP contribution in [0, 0.1) is 24.2 Å². The van der Waals surface area contributed by atoms with E-state index in [0.29, 0.717) is 38.0 Å². The van der Waals surface area contributed by atoms with Gasteiger partial charge < -0.3 is 61.9 Å². The normalized spacial score (nSPS) is 16.6. The monoisotopic (exact) mass is 1030 g/mol. The van der Waals surface area contributed by atoms with E-state index in [1.165, 1.54) is 11.8 Å². The van der Waals surface area contributed by atoms with Crippen molar-refractivity contribution in [1.29, 1.82) is 0 Å². The summed E-state index contributed by atoms with van der Waals surface area (Å²) in [5.41, 5.74) is 8.94. The van der Waals surface area contributed by atoms with Gasteiger partial charge in [0.15, 0.2) is 0 Å². The number of hydrogen-bond donors (Lipinski definition) is 4. The Morgan fingerprint density at radius 3 is 2.10 bits per heavy atom. The van der Waals surface area contributed by atoms with Crippen LogP contribution < -0.4 is 20.7 Å². The molecule has 0 aliphatic carbocycles. The minimum Gasteiger partial charge on any atom is -0.667 e. The van der Waals surface area contributed by atoms with Crippen LogP contribution >= 0.6 is 0 Å². The summed E-state index contributed by atoms with van der Waals surface area (Å²) in [4.78, 5) is 78.4. The number of nitrogens with zero attached hydrogens (tertiary/aromatic N) is 1. The molecule has 2 aromatic rings. The maximum atomic E-state index is 13.7. The van der Waals surface area contributed by atoms with E-state index in [-0.39, 0.29) is 87.6 Å². The molecule has 0 bridgehead atoms. The van der Waals surface area contributed by atoms with Gasteiger partial charge in [-0.3, -0.25) is 14.4 Å². The number of alkyl carbamates (subject to hydrolysis) is 1. The molecule has 1 fully saturated rings. The van der Waals surface area contributed by atoms with Gasteiger partial charge in [0.2, 0.25) is 11.8 Å². The van der Waals surface area contributed by atoms with E-state index in [0.717, 1.165) is 17.5 Å². The molecule has 8 atom stereocenters. The number of aliphatic hydroxyl groups excluding tert-OH is 1. The van der Waals surface area contributed by atoms with Gasteiger partial charge in [-0.05, 0) is 89.1 Å². The first-order valence-corrected chi connectivity index (χ1v) is 23.6. The number of ether oxygens (including phenoxy) is 4. The summed E-state index contributed by atoms with van der Waals surface area (Å²) in [5.74, 6) is -1.07. The zero-order valence-electron chi connectivity index (χ0n) is 42.5. The van der Waals surface area contributed by atoms with Gasteiger partial charge in [-0.15, -0.1) is 6.42 Å². The van der Waals surface area contributed by atoms with E-state index in [1.807, 2.05) is 90.4 Å². The predicted octanol–water partition coefficient (Wildman–Crippen LogP) is 6.94. The Balaban J connectivity index is 0.000000805. The van der Waals surface area contributed by atoms with Gasteiger partial charge in [0, 0.05) is 45.7 Å². The number of carbonyl (C=O) groups excluding carboxylic acids is 6. The number of esters is 2. The van der Waals surface area contributed by atoms with Crippen molar-refractivity contribution < 1.29 is 85.5 Å². The molecule has 1 aliphatic rings. The van der Waals surface area contributed by atoms with Crippen molar-refractivity contribution in [1.82, 2.24) is 20.9 Å². The molecule has 17 heteroatoms. The topological polar surface area (TPSA) is 223 Å². The molecular formula is C51H79N5O11Y-2. The third kappa shape index (κ3) is 22.6. The molecule has 3 rings (SSSR count). The molecule has 0 spiro atoms. The van der Waals surface area contributed by atoms with Crippen LogP contribution in [0.3, 0.4) is 0 Å². The third-order valence-electron chi connectivity index (χ3n) is 11.2. The quantitative estimate of drug-likeness (QED) is 0.0477. The second-order valence-corrected chi connectivity index (χ2v) is 19.0. The molecule has 68 heavy (non-hydrogen) atoms. The van der Waals surface area contributed by atoms with E-state index in [4.69, 9.17) is 24.7 Å². The van der Waals surface area contributed by atoms with Crippen molar-refractivity contribution in [2.24, 2.45) is 17.8 Å². The Morgan fingerprint density at radius 2 is 1.56 bits per heavy atom. The second kappa shape index (κ2) is 31.3. The fraction of sp³-hybridized carbons (Fsp3) is 0.627. The van der Waals surface area contributed by atoms with Gasteiger partial charge in [-0.25, -0.2) is 9.59 Å². The Morgan fingerprint density at radius 1 is 0.926 bits per heavy atom. The molecule has 2 aromatic carbocycles. The van der Waals surface area contributed by atoms with Gasteiger partial charge in [0.25, 0.3) is 0 Å². The molecule has 379 valence electrons. The van der Waals surface area contributed by atoms with E-state index in [1.54, 1.807) is 47.1 Å². The number of amides is 3. The van der Waals surface area contributed by atoms with Crippen LogP contribution in [0.4, 0.5) is 4.79 Å². The Bertz CT molecular complexity index is 1840. The number of carbonyl (C=O) groups is 6. The molecule has 0 unspecified atom stereocenters. The Kier molecular flexibility index (Phi) is 28.6. The van der Waals surface area contributed by atoms with E-state index in [9.17, 15) is 33.9 Å². The number of benzene rings is 2. The van der Waals surface area contributed by atoms with Crippen molar-refractivity contribution in [3.63, 3.8) is 0 Å². The number of rotatable bonds is 24. The number of hydrogen-bond acceptors (Lipinski definition) is 12. The van der Waals surface area contributed by atoms with Crippen LogP contribution in [0.1, 0.15) is 119 Å². The van der Waals surface area contributed by atoms with Gasteiger partial charge in [-0.1, -0.05) is 103 Å². The molecule has 16 nitrogen and oxygen atoms in total. The summed E-state index contributed by atoms with van der Waals surface area (Å²) in [6.45, 7) is 19.0. The van der Waals surface area contributed by atoms with Crippen molar-refractivity contribution in [2.45, 2.75) is 169 Å². The average Bonchev–Trinajstić information content (AvgIpc) is 3.77. The van der Waals surface area contributed by atoms with Gasteiger partial charge in [-0.2, -0.15) is 5.92 Å². The van der Waals surface area contributed by atoms with Crippen LogP contribution in [0.5, 0.6) is 5.75 Å². The summed E-state index contributed by atoms with van der Waals surface area (Å²) in [6, 6.07) is 12.5. The molecule has 0 aromatic heterocycles. The van der Waals surface area contributed by atoms with E-state index < -0.39 is 66.0 Å². The first kappa shape index (κ1) is 62.1. The molecule has 1 aliphatic heterocycles. The summed E-state index contributed by atoms with van der Waals surface area (Å²) >= 11 is 0. The van der Waals surface area contributed by atoms with Crippen LogP contribution in [-0.2, 0) is 83.9 Å². The molecule has 5 N–H and O–H groups in total. The number of likely N-dealkylation sites (N-methyl/N-ethyl adjacent to an activating group) is 1. The van der Waals surface area contributed by atoms with Crippen molar-refractivity contribution >= 4 is 35.6 Å². The van der Waals surface area contributed by atoms with Crippen molar-refractivity contribution in [3.05, 3.63) is 77.9 Å². The number of methoxy groups -OCH3 is 1. The van der Waals surface area contributed by atoms with Crippen molar-refractivity contribution in [2.75, 3.05) is 20.7 Å². The van der Waals surface area contributed by atoms with Gasteiger partial charge in [0.05, 0.1) is 19.3 Å². The van der Waals surface area contributed by atoms with Crippen LogP contribution in [0.2, 0.25) is 0 Å². The summed E-state index contributed by atoms with van der Waals surface area (Å²) < 4.78 is 21.6. The van der Waals surface area contributed by atoms with E-state index >= 15 is 0 Å². The number of Topliss-reactive ketones (excluding diaryl/α,β-unsaturated/α-hetero) is 1. The largest absolute Gasteiger partial charge is 0.667 e. The fourth-order valence-corrected chi connectivity index (χ4v) is 7.27. The average molecular weight is 1030 g/mol. The SMILES string of the molecule is CC(C)C[C@H]([NH-])C(=O)N1CCC[C@H]1C(=O)OCc1ccccc1.CC[C@H](C)[C@@H](NC(=O)[C@@H](NC(=O)OC(C)(C)C)[C@@H](C)OC(=O)[C@H](Cc1ccc(OC)cc1)NC)[C@@H](O)CC(=O)C[CH-]C(C)C.[Y]. The zero-order valence-corrected chi connectivity index (χ0v) is 45.3. The standard InChI is InChI=1S/C33H54N3O8.C18H25N2O3.Y/c1-11-21(4)28(27(38)19-24(37)15-12-20(2)3)35-30(39)29(36-32(41)44-33(6,7)8)22(5)43-31(40)26(34-9)18-23-13-16-25(42-10)17-14-23;1-13(2)11-15(19)17(21)20-10-6-9-16(20)18(22)23-12-14-7-4-3-5-8-14;/h12-14,16-17,20-22,26-29,34,38H,11,15,18-19H2,1-10H3,(H,35,39)(H,36,41);3-5,7-8,13,15-16,19H,6,9-12H2,1-2H3;/q2*-1;/t21-,22+,26-,27-,28+,29-;15-,16-;/m00./s1. The molecule has 1 saturated heterocycles. The zero-order chi connectivity index (χ0) is 50.4. The number of likely N-dealkylation sites (tertiary alicyclic amines) is 1. The van der Waals surface area contributed by atoms with Crippen LogP contribution in [0.15, 0.2) is 54.6 Å². The smallest absolute Gasteiger partial charge is 0.408 e. The minimum atomic E-state index is -1.35. The molecule has 0 saturated carbocycles. The van der Waals surface area contributed by atoms with Gasteiger partial charge >= 0.3 is 18.0 Å².